The van der Waals surface area contributed by atoms with Gasteiger partial charge in [-0.15, -0.1) is 0 Å². The fraction of sp³-hybridized carbons (Fsp3) is 0.258. The smallest absolute Gasteiger partial charge is 0.250 e. The number of carbonyl (C=O) groups is 2. The van der Waals surface area contributed by atoms with Crippen molar-refractivity contribution in [2.24, 2.45) is 0 Å². The molecule has 2 N–H and O–H groups in total. The summed E-state index contributed by atoms with van der Waals surface area (Å²) in [5.41, 5.74) is 4.28. The third kappa shape index (κ3) is 5.85. The van der Waals surface area contributed by atoms with E-state index in [1.807, 2.05) is 68.4 Å². The van der Waals surface area contributed by atoms with Gasteiger partial charge in [-0.25, -0.2) is 9.37 Å². The second-order valence-electron chi connectivity index (χ2n) is 9.80. The van der Waals surface area contributed by atoms with Crippen LogP contribution in [0.5, 0.6) is 0 Å². The van der Waals surface area contributed by atoms with E-state index in [0.29, 0.717) is 31.6 Å². The Morgan fingerprint density at radius 1 is 0.974 bits per heavy atom. The molecular weight excluding hydrogens is 493 g/mol. The molecule has 0 aliphatic carbocycles. The molecule has 1 aromatic heterocycles. The van der Waals surface area contributed by atoms with E-state index in [-0.39, 0.29) is 24.2 Å². The number of rotatable bonds is 8. The lowest BCUT2D eigenvalue weighted by atomic mass is 10.0. The number of nitrogens with zero attached hydrogens (tertiary/aromatic N) is 3. The van der Waals surface area contributed by atoms with Crippen molar-refractivity contribution in [3.63, 3.8) is 0 Å². The number of aryl methyl sites for hydroxylation is 1. The maximum atomic E-state index is 13.8. The lowest BCUT2D eigenvalue weighted by Crippen LogP contribution is -2.46. The molecule has 0 saturated heterocycles. The zero-order valence-corrected chi connectivity index (χ0v) is 22.2. The minimum atomic E-state index is -0.770. The van der Waals surface area contributed by atoms with Gasteiger partial charge < -0.3 is 20.1 Å². The summed E-state index contributed by atoms with van der Waals surface area (Å²) in [5, 5.41) is 6.44. The van der Waals surface area contributed by atoms with Crippen molar-refractivity contribution in [3.8, 4) is 11.3 Å². The summed E-state index contributed by atoms with van der Waals surface area (Å²) in [6.45, 7) is 5.24. The molecule has 4 aromatic rings. The fourth-order valence-corrected chi connectivity index (χ4v) is 4.80. The van der Waals surface area contributed by atoms with E-state index < -0.39 is 6.04 Å². The molecule has 1 aliphatic heterocycles. The number of carbonyl (C=O) groups excluding carboxylic acids is 2. The highest BCUT2D eigenvalue weighted by Crippen LogP contribution is 2.34. The van der Waals surface area contributed by atoms with Crippen LogP contribution in [0.25, 0.3) is 11.3 Å². The van der Waals surface area contributed by atoms with Crippen LogP contribution in [0.4, 0.5) is 15.9 Å². The van der Waals surface area contributed by atoms with E-state index in [1.54, 1.807) is 17.0 Å². The Morgan fingerprint density at radius 3 is 2.38 bits per heavy atom. The van der Waals surface area contributed by atoms with E-state index in [9.17, 15) is 14.0 Å². The first kappa shape index (κ1) is 26.2. The maximum absolute atomic E-state index is 13.8. The molecule has 2 heterocycles. The number of hydrogen-bond donors (Lipinski definition) is 2. The number of anilines is 2. The number of amides is 2. The summed E-state index contributed by atoms with van der Waals surface area (Å²) >= 11 is 0. The first-order chi connectivity index (χ1) is 18.9. The summed E-state index contributed by atoms with van der Waals surface area (Å²) in [4.78, 5) is 33.0. The molecule has 1 atom stereocenters. The Bertz CT molecular complexity index is 1450. The number of halogens is 1. The summed E-state index contributed by atoms with van der Waals surface area (Å²) in [5.74, 6) is 0.876. The first-order valence-electron chi connectivity index (χ1n) is 13.2. The second-order valence-corrected chi connectivity index (χ2v) is 9.80. The number of fused-ring (bicyclic) bond motifs is 1. The number of hydrogen-bond acceptors (Lipinski definition) is 4. The van der Waals surface area contributed by atoms with E-state index in [0.717, 1.165) is 34.0 Å². The molecule has 0 fully saturated rings. The van der Waals surface area contributed by atoms with Crippen molar-refractivity contribution < 1.29 is 14.0 Å². The SMILES string of the molecule is CCCC(=O)N[C@H](C(=O)N1CCn2c(nc(-c3ccc(F)cc3)c2Nc2ccc(C)cc2)C1)c1ccccc1. The Balaban J connectivity index is 1.47. The van der Waals surface area contributed by atoms with Gasteiger partial charge in [0.1, 0.15) is 29.2 Å². The topological polar surface area (TPSA) is 79.3 Å². The standard InChI is InChI=1S/C31H32FN5O2/c1-3-7-27(38)35-29(22-8-5-4-6-9-22)31(39)36-18-19-37-26(20-36)34-28(23-12-14-24(32)15-13-23)30(37)33-25-16-10-21(2)11-17-25/h4-6,8-17,29,33H,3,7,18-20H2,1-2H3,(H,35,38)/t29-/m0/s1. The zero-order chi connectivity index (χ0) is 27.4. The van der Waals surface area contributed by atoms with Gasteiger partial charge in [-0.05, 0) is 55.3 Å². The zero-order valence-electron chi connectivity index (χ0n) is 22.2. The van der Waals surface area contributed by atoms with Crippen LogP contribution in [0.15, 0.2) is 78.9 Å². The molecule has 39 heavy (non-hydrogen) atoms. The third-order valence-corrected chi connectivity index (χ3v) is 6.88. The lowest BCUT2D eigenvalue weighted by Gasteiger charge is -2.32. The van der Waals surface area contributed by atoms with Gasteiger partial charge in [-0.2, -0.15) is 0 Å². The van der Waals surface area contributed by atoms with Crippen LogP contribution in [0.2, 0.25) is 0 Å². The summed E-state index contributed by atoms with van der Waals surface area (Å²) in [6, 6.07) is 22.9. The van der Waals surface area contributed by atoms with Crippen molar-refractivity contribution in [1.29, 1.82) is 0 Å². The molecule has 200 valence electrons. The first-order valence-corrected chi connectivity index (χ1v) is 13.2. The summed E-state index contributed by atoms with van der Waals surface area (Å²) in [7, 11) is 0. The van der Waals surface area contributed by atoms with Crippen LogP contribution in [0, 0.1) is 12.7 Å². The quantitative estimate of drug-likeness (QED) is 0.307. The van der Waals surface area contributed by atoms with Gasteiger partial charge in [-0.1, -0.05) is 55.0 Å². The minimum Gasteiger partial charge on any atom is -0.341 e. The van der Waals surface area contributed by atoms with E-state index >= 15 is 0 Å². The lowest BCUT2D eigenvalue weighted by molar-refractivity contribution is -0.138. The van der Waals surface area contributed by atoms with Gasteiger partial charge in [0.15, 0.2) is 0 Å². The molecule has 7 nitrogen and oxygen atoms in total. The molecular formula is C31H32FN5O2. The molecule has 0 bridgehead atoms. The number of benzene rings is 3. The second kappa shape index (κ2) is 11.5. The Hall–Kier alpha value is -4.46. The third-order valence-electron chi connectivity index (χ3n) is 6.88. The van der Waals surface area contributed by atoms with Gasteiger partial charge in [0, 0.05) is 30.8 Å². The maximum Gasteiger partial charge on any atom is 0.250 e. The highest BCUT2D eigenvalue weighted by Gasteiger charge is 2.32. The van der Waals surface area contributed by atoms with Crippen LogP contribution in [-0.4, -0.2) is 32.8 Å². The Labute approximate surface area is 227 Å². The average Bonchev–Trinajstić information content (AvgIpc) is 3.31. The molecule has 2 amide bonds. The van der Waals surface area contributed by atoms with Gasteiger partial charge in [0.25, 0.3) is 0 Å². The molecule has 8 heteroatoms. The normalized spacial score (nSPS) is 13.5. The van der Waals surface area contributed by atoms with Crippen molar-refractivity contribution >= 4 is 23.3 Å². The number of imidazole rings is 1. The van der Waals surface area contributed by atoms with Crippen molar-refractivity contribution in [2.45, 2.75) is 45.8 Å². The van der Waals surface area contributed by atoms with Crippen LogP contribution < -0.4 is 10.6 Å². The van der Waals surface area contributed by atoms with Crippen molar-refractivity contribution in [3.05, 3.63) is 102 Å². The van der Waals surface area contributed by atoms with Gasteiger partial charge in [0.05, 0.1) is 6.54 Å². The number of aromatic nitrogens is 2. The van der Waals surface area contributed by atoms with Crippen molar-refractivity contribution in [1.82, 2.24) is 19.8 Å². The molecule has 1 aliphatic rings. The predicted octanol–water partition coefficient (Wildman–Crippen LogP) is 5.74. The summed E-state index contributed by atoms with van der Waals surface area (Å²) in [6.07, 6.45) is 1.06. The van der Waals surface area contributed by atoms with Crippen LogP contribution in [-0.2, 0) is 22.7 Å². The Morgan fingerprint density at radius 2 is 1.69 bits per heavy atom. The molecule has 0 radical (unpaired) electrons. The molecule has 3 aromatic carbocycles. The van der Waals surface area contributed by atoms with Crippen molar-refractivity contribution in [2.75, 3.05) is 11.9 Å². The predicted molar refractivity (Wildman–Crippen MR) is 150 cm³/mol. The van der Waals surface area contributed by atoms with Gasteiger partial charge in [-0.3, -0.25) is 9.59 Å². The van der Waals surface area contributed by atoms with Crippen LogP contribution in [0.1, 0.15) is 42.8 Å². The minimum absolute atomic E-state index is 0.151. The molecule has 0 spiro atoms. The average molecular weight is 526 g/mol. The molecule has 0 saturated carbocycles. The van der Waals surface area contributed by atoms with E-state index in [4.69, 9.17) is 4.98 Å². The highest BCUT2D eigenvalue weighted by atomic mass is 19.1. The Kier molecular flexibility index (Phi) is 7.72. The van der Waals surface area contributed by atoms with E-state index in [1.165, 1.54) is 12.1 Å². The molecule has 0 unspecified atom stereocenters. The van der Waals surface area contributed by atoms with Crippen LogP contribution in [0.3, 0.4) is 0 Å². The largest absolute Gasteiger partial charge is 0.341 e. The molecule has 5 rings (SSSR count). The highest BCUT2D eigenvalue weighted by molar-refractivity contribution is 5.89. The monoisotopic (exact) mass is 525 g/mol. The van der Waals surface area contributed by atoms with Gasteiger partial charge >= 0.3 is 0 Å². The summed E-state index contributed by atoms with van der Waals surface area (Å²) < 4.78 is 15.8. The van der Waals surface area contributed by atoms with Gasteiger partial charge in [0.2, 0.25) is 11.8 Å². The fourth-order valence-electron chi connectivity index (χ4n) is 4.80. The van der Waals surface area contributed by atoms with E-state index in [2.05, 4.69) is 15.2 Å². The van der Waals surface area contributed by atoms with Crippen LogP contribution >= 0.6 is 0 Å². The number of nitrogens with one attached hydrogen (secondary N) is 2.